The van der Waals surface area contributed by atoms with Gasteiger partial charge in [-0.3, -0.25) is 9.59 Å². The molecule has 5 heteroatoms. The molecular weight excluding hydrogens is 366 g/mol. The minimum absolute atomic E-state index is 0.0340. The number of ketones is 1. The van der Waals surface area contributed by atoms with E-state index in [2.05, 4.69) is 33.8 Å². The third-order valence-electron chi connectivity index (χ3n) is 6.69. The first-order valence-corrected chi connectivity index (χ1v) is 10.7. The van der Waals surface area contributed by atoms with E-state index < -0.39 is 0 Å². The normalized spacial score (nSPS) is 25.3. The number of likely N-dealkylation sites (tertiary alicyclic amines) is 1. The maximum atomic E-state index is 13.1. The highest BCUT2D eigenvalue weighted by atomic mass is 16.6. The Hall–Kier alpha value is -2.30. The molecule has 0 spiro atoms. The van der Waals surface area contributed by atoms with Gasteiger partial charge in [-0.05, 0) is 56.2 Å². The molecule has 4 rings (SSSR count). The molecule has 1 amide bonds. The number of ether oxygens (including phenoxy) is 2. The topological polar surface area (TPSA) is 55.8 Å². The van der Waals surface area contributed by atoms with Crippen molar-refractivity contribution in [3.05, 3.63) is 35.4 Å². The van der Waals surface area contributed by atoms with E-state index in [4.69, 9.17) is 9.47 Å². The van der Waals surface area contributed by atoms with Crippen LogP contribution in [0.25, 0.3) is 0 Å². The monoisotopic (exact) mass is 397 g/mol. The third kappa shape index (κ3) is 3.79. The van der Waals surface area contributed by atoms with Crippen molar-refractivity contribution in [2.45, 2.75) is 40.5 Å². The van der Waals surface area contributed by atoms with Crippen molar-refractivity contribution in [3.63, 3.8) is 0 Å². The van der Waals surface area contributed by atoms with E-state index >= 15 is 0 Å². The van der Waals surface area contributed by atoms with Crippen LogP contribution < -0.4 is 9.47 Å². The highest BCUT2D eigenvalue weighted by molar-refractivity contribution is 5.98. The fourth-order valence-corrected chi connectivity index (χ4v) is 4.81. The summed E-state index contributed by atoms with van der Waals surface area (Å²) in [5, 5.41) is 0. The number of benzene rings is 1. The van der Waals surface area contributed by atoms with Crippen LogP contribution in [0.15, 0.2) is 29.8 Å². The smallest absolute Gasteiger partial charge is 0.226 e. The van der Waals surface area contributed by atoms with Crippen LogP contribution in [0.5, 0.6) is 11.5 Å². The van der Waals surface area contributed by atoms with Crippen molar-refractivity contribution >= 4 is 11.7 Å². The molecule has 1 saturated heterocycles. The van der Waals surface area contributed by atoms with Crippen molar-refractivity contribution in [2.24, 2.45) is 23.2 Å². The number of hydrogen-bond acceptors (Lipinski definition) is 4. The average molecular weight is 398 g/mol. The van der Waals surface area contributed by atoms with Crippen LogP contribution in [0, 0.1) is 23.2 Å². The Morgan fingerprint density at radius 3 is 2.38 bits per heavy atom. The standard InChI is InChI=1S/C24H31NO4/c1-15(2)13-18-21(24(18,3)4)23(27)25-9-7-16(8-10-25)22(26)17-5-6-19-20(14-17)29-12-11-28-19/h5-6,13-14,16,18,21H,7-12H2,1-4H3/t18-,21-/m1/s1. The molecule has 1 aliphatic carbocycles. The summed E-state index contributed by atoms with van der Waals surface area (Å²) in [6, 6.07) is 5.44. The summed E-state index contributed by atoms with van der Waals surface area (Å²) >= 11 is 0. The predicted molar refractivity (Wildman–Crippen MR) is 111 cm³/mol. The molecule has 5 nitrogen and oxygen atoms in total. The van der Waals surface area contributed by atoms with E-state index in [1.807, 2.05) is 17.0 Å². The van der Waals surface area contributed by atoms with Crippen molar-refractivity contribution in [3.8, 4) is 11.5 Å². The Balaban J connectivity index is 1.36. The second kappa shape index (κ2) is 7.51. The van der Waals surface area contributed by atoms with E-state index in [9.17, 15) is 9.59 Å². The SMILES string of the molecule is CC(C)=C[C@@H]1[C@H](C(=O)N2CCC(C(=O)c3ccc4c(c3)OCCO4)CC2)C1(C)C. The number of nitrogens with zero attached hydrogens (tertiary/aromatic N) is 1. The van der Waals surface area contributed by atoms with Crippen LogP contribution in [0.1, 0.15) is 50.9 Å². The zero-order chi connectivity index (χ0) is 20.8. The molecule has 0 N–H and O–H groups in total. The van der Waals surface area contributed by atoms with Gasteiger partial charge in [0.2, 0.25) is 5.91 Å². The van der Waals surface area contributed by atoms with Gasteiger partial charge in [0.05, 0.1) is 5.92 Å². The zero-order valence-corrected chi connectivity index (χ0v) is 17.9. The lowest BCUT2D eigenvalue weighted by molar-refractivity contribution is -0.134. The number of allylic oxidation sites excluding steroid dienone is 2. The van der Waals surface area contributed by atoms with Crippen molar-refractivity contribution < 1.29 is 19.1 Å². The number of rotatable bonds is 4. The average Bonchev–Trinajstić information content (AvgIpc) is 3.25. The molecule has 156 valence electrons. The second-order valence-corrected chi connectivity index (χ2v) is 9.39. The zero-order valence-electron chi connectivity index (χ0n) is 17.9. The Bertz CT molecular complexity index is 844. The van der Waals surface area contributed by atoms with Gasteiger partial charge in [0.1, 0.15) is 13.2 Å². The molecule has 1 aromatic carbocycles. The number of carbonyl (C=O) groups excluding carboxylic acids is 2. The molecule has 0 radical (unpaired) electrons. The first kappa shape index (κ1) is 20.0. The van der Waals surface area contributed by atoms with Crippen LogP contribution in [0.2, 0.25) is 0 Å². The van der Waals surface area contributed by atoms with Crippen LogP contribution in [-0.4, -0.2) is 42.9 Å². The summed E-state index contributed by atoms with van der Waals surface area (Å²) in [6.07, 6.45) is 3.68. The van der Waals surface area contributed by atoms with Gasteiger partial charge in [0.25, 0.3) is 0 Å². The molecule has 2 aliphatic heterocycles. The van der Waals surface area contributed by atoms with E-state index in [1.54, 1.807) is 6.07 Å². The fourth-order valence-electron chi connectivity index (χ4n) is 4.81. The largest absolute Gasteiger partial charge is 0.486 e. The quantitative estimate of drug-likeness (QED) is 0.567. The molecule has 1 aromatic rings. The van der Waals surface area contributed by atoms with Gasteiger partial charge < -0.3 is 14.4 Å². The molecule has 2 fully saturated rings. The lowest BCUT2D eigenvalue weighted by Gasteiger charge is -2.32. The summed E-state index contributed by atoms with van der Waals surface area (Å²) in [5.74, 6) is 2.11. The molecule has 0 unspecified atom stereocenters. The number of carbonyl (C=O) groups is 2. The molecular formula is C24H31NO4. The van der Waals surface area contributed by atoms with E-state index in [0.717, 1.165) is 12.8 Å². The fraction of sp³-hybridized carbons (Fsp3) is 0.583. The summed E-state index contributed by atoms with van der Waals surface area (Å²) in [5.41, 5.74) is 1.97. The Labute approximate surface area is 173 Å². The highest BCUT2D eigenvalue weighted by Crippen LogP contribution is 2.60. The summed E-state index contributed by atoms with van der Waals surface area (Å²) in [7, 11) is 0. The number of Topliss-reactive ketones (excluding diaryl/α,β-unsaturated/α-hetero) is 1. The first-order valence-electron chi connectivity index (χ1n) is 10.7. The lowest BCUT2D eigenvalue weighted by Crippen LogP contribution is -2.41. The molecule has 1 saturated carbocycles. The summed E-state index contributed by atoms with van der Waals surface area (Å²) in [4.78, 5) is 28.0. The minimum Gasteiger partial charge on any atom is -0.486 e. The lowest BCUT2D eigenvalue weighted by atomic mass is 9.88. The summed E-state index contributed by atoms with van der Waals surface area (Å²) < 4.78 is 11.1. The highest BCUT2D eigenvalue weighted by Gasteiger charge is 2.61. The van der Waals surface area contributed by atoms with Crippen LogP contribution in [0.4, 0.5) is 0 Å². The van der Waals surface area contributed by atoms with Gasteiger partial charge in [0, 0.05) is 24.6 Å². The number of piperidine rings is 1. The molecule has 2 heterocycles. The molecule has 29 heavy (non-hydrogen) atoms. The van der Waals surface area contributed by atoms with Crippen molar-refractivity contribution in [1.29, 1.82) is 0 Å². The van der Waals surface area contributed by atoms with Crippen LogP contribution in [-0.2, 0) is 4.79 Å². The second-order valence-electron chi connectivity index (χ2n) is 9.39. The Morgan fingerprint density at radius 1 is 1.07 bits per heavy atom. The number of hydrogen-bond donors (Lipinski definition) is 0. The third-order valence-corrected chi connectivity index (χ3v) is 6.69. The Morgan fingerprint density at radius 2 is 1.72 bits per heavy atom. The molecule has 3 aliphatic rings. The van der Waals surface area contributed by atoms with Gasteiger partial charge in [-0.25, -0.2) is 0 Å². The van der Waals surface area contributed by atoms with Gasteiger partial charge in [-0.1, -0.05) is 25.5 Å². The van der Waals surface area contributed by atoms with Gasteiger partial charge in [-0.2, -0.15) is 0 Å². The summed E-state index contributed by atoms with van der Waals surface area (Å²) in [6.45, 7) is 10.9. The van der Waals surface area contributed by atoms with E-state index in [1.165, 1.54) is 5.57 Å². The van der Waals surface area contributed by atoms with Gasteiger partial charge >= 0.3 is 0 Å². The molecule has 2 atom stereocenters. The van der Waals surface area contributed by atoms with Crippen molar-refractivity contribution in [1.82, 2.24) is 4.90 Å². The molecule has 0 aromatic heterocycles. The first-order chi connectivity index (χ1) is 13.8. The minimum atomic E-state index is -0.0394. The van der Waals surface area contributed by atoms with Gasteiger partial charge in [0.15, 0.2) is 17.3 Å². The van der Waals surface area contributed by atoms with Gasteiger partial charge in [-0.15, -0.1) is 0 Å². The van der Waals surface area contributed by atoms with Crippen LogP contribution >= 0.6 is 0 Å². The van der Waals surface area contributed by atoms with Crippen LogP contribution in [0.3, 0.4) is 0 Å². The predicted octanol–water partition coefficient (Wildman–Crippen LogP) is 4.12. The van der Waals surface area contributed by atoms with E-state index in [0.29, 0.717) is 49.3 Å². The maximum Gasteiger partial charge on any atom is 0.226 e. The Kier molecular flexibility index (Phi) is 5.18. The maximum absolute atomic E-state index is 13.1. The number of amides is 1. The van der Waals surface area contributed by atoms with Crippen molar-refractivity contribution in [2.75, 3.05) is 26.3 Å². The molecule has 0 bridgehead atoms. The van der Waals surface area contributed by atoms with E-state index in [-0.39, 0.29) is 28.9 Å². The number of fused-ring (bicyclic) bond motifs is 1.